The predicted octanol–water partition coefficient (Wildman–Crippen LogP) is 2.52. The molecule has 1 fully saturated rings. The molecule has 8 nitrogen and oxygen atoms in total. The summed E-state index contributed by atoms with van der Waals surface area (Å²) >= 11 is 0.860. The highest BCUT2D eigenvalue weighted by Gasteiger charge is 2.34. The Balaban J connectivity index is 1.58. The number of carbonyl (C=O) groups is 3. The van der Waals surface area contributed by atoms with Crippen molar-refractivity contribution in [2.75, 3.05) is 24.1 Å². The minimum Gasteiger partial charge on any atom is -0.350 e. The number of nitrogens with one attached hydrogen (secondary N) is 2. The number of imide groups is 1. The van der Waals surface area contributed by atoms with E-state index in [0.717, 1.165) is 28.5 Å². The van der Waals surface area contributed by atoms with Gasteiger partial charge >= 0.3 is 0 Å². The summed E-state index contributed by atoms with van der Waals surface area (Å²) in [5, 5.41) is 2.24. The van der Waals surface area contributed by atoms with Gasteiger partial charge in [0, 0.05) is 24.3 Å². The molecule has 0 aliphatic carbocycles. The first-order valence-electron chi connectivity index (χ1n) is 8.89. The van der Waals surface area contributed by atoms with E-state index < -0.39 is 27.1 Å². The predicted molar refractivity (Wildman–Crippen MR) is 116 cm³/mol. The summed E-state index contributed by atoms with van der Waals surface area (Å²) in [7, 11) is -3.46. The molecule has 3 rings (SSSR count). The van der Waals surface area contributed by atoms with Crippen molar-refractivity contribution in [3.05, 3.63) is 70.6 Å². The molecule has 0 unspecified atom stereocenters. The van der Waals surface area contributed by atoms with E-state index in [4.69, 9.17) is 0 Å². The lowest BCUT2D eigenvalue weighted by molar-refractivity contribution is -0.122. The van der Waals surface area contributed by atoms with Crippen LogP contribution in [0.2, 0.25) is 0 Å². The average molecular weight is 446 g/mol. The molecule has 0 aromatic heterocycles. The van der Waals surface area contributed by atoms with Gasteiger partial charge in [0.1, 0.15) is 0 Å². The summed E-state index contributed by atoms with van der Waals surface area (Å²) in [5.41, 5.74) is 1.34. The fourth-order valence-electron chi connectivity index (χ4n) is 2.71. The Bertz CT molecular complexity index is 1110. The van der Waals surface area contributed by atoms with Crippen LogP contribution in [0.5, 0.6) is 0 Å². The smallest absolute Gasteiger partial charge is 0.293 e. The van der Waals surface area contributed by atoms with Crippen molar-refractivity contribution < 1.29 is 22.8 Å². The topological polar surface area (TPSA) is 113 Å². The van der Waals surface area contributed by atoms with Crippen molar-refractivity contribution in [2.24, 2.45) is 0 Å². The number of carbonyl (C=O) groups excluding carboxylic acids is 3. The van der Waals surface area contributed by atoms with Crippen LogP contribution in [0.1, 0.15) is 15.9 Å². The number of hydrogen-bond donors (Lipinski definition) is 2. The first-order chi connectivity index (χ1) is 14.2. The summed E-state index contributed by atoms with van der Waals surface area (Å²) < 4.78 is 24.9. The standard InChI is InChI=1S/C20H19N3O5S2/c1-30(27,28)22-16-9-5-8-15(13-16)18(24)21-10-11-23-19(25)17(29-20(23)26)12-14-6-3-2-4-7-14/h2-9,12-13,22H,10-11H2,1H3,(H,21,24)/b17-12-. The van der Waals surface area contributed by atoms with Crippen LogP contribution in [-0.2, 0) is 14.8 Å². The van der Waals surface area contributed by atoms with Crippen molar-refractivity contribution in [2.45, 2.75) is 0 Å². The second kappa shape index (κ2) is 9.14. The molecular weight excluding hydrogens is 426 g/mol. The number of nitrogens with zero attached hydrogens (tertiary/aromatic N) is 1. The molecule has 30 heavy (non-hydrogen) atoms. The number of anilines is 1. The van der Waals surface area contributed by atoms with Gasteiger partial charge in [0.05, 0.1) is 11.2 Å². The molecule has 1 aliphatic rings. The molecular formula is C20H19N3O5S2. The molecule has 156 valence electrons. The van der Waals surface area contributed by atoms with Gasteiger partial charge in [-0.25, -0.2) is 8.42 Å². The Labute approximate surface area is 178 Å². The summed E-state index contributed by atoms with van der Waals surface area (Å²) in [4.78, 5) is 38.4. The van der Waals surface area contributed by atoms with E-state index >= 15 is 0 Å². The maximum absolute atomic E-state index is 12.5. The first-order valence-corrected chi connectivity index (χ1v) is 11.6. The Morgan fingerprint density at radius 2 is 1.83 bits per heavy atom. The lowest BCUT2D eigenvalue weighted by atomic mass is 10.2. The minimum absolute atomic E-state index is 0.0316. The molecule has 10 heteroatoms. The zero-order valence-electron chi connectivity index (χ0n) is 16.0. The molecule has 0 radical (unpaired) electrons. The van der Waals surface area contributed by atoms with Gasteiger partial charge in [-0.05, 0) is 41.6 Å². The van der Waals surface area contributed by atoms with Gasteiger partial charge in [-0.1, -0.05) is 36.4 Å². The SMILES string of the molecule is CS(=O)(=O)Nc1cccc(C(=O)NCCN2C(=O)S/C(=C\c3ccccc3)C2=O)c1. The van der Waals surface area contributed by atoms with E-state index in [0.29, 0.717) is 4.91 Å². The first kappa shape index (κ1) is 21.6. The van der Waals surface area contributed by atoms with Crippen molar-refractivity contribution in [1.29, 1.82) is 0 Å². The Kier molecular flexibility index (Phi) is 6.58. The second-order valence-corrected chi connectivity index (χ2v) is 9.20. The normalized spacial score (nSPS) is 15.5. The quantitative estimate of drug-likeness (QED) is 0.634. The molecule has 0 saturated carbocycles. The lowest BCUT2D eigenvalue weighted by Gasteiger charge is -2.13. The molecule has 0 bridgehead atoms. The maximum Gasteiger partial charge on any atom is 0.293 e. The molecule has 1 aliphatic heterocycles. The van der Waals surface area contributed by atoms with E-state index in [1.54, 1.807) is 12.1 Å². The maximum atomic E-state index is 12.5. The monoisotopic (exact) mass is 445 g/mol. The third-order valence-corrected chi connectivity index (χ3v) is 5.53. The number of benzene rings is 2. The van der Waals surface area contributed by atoms with Gasteiger partial charge in [-0.3, -0.25) is 24.0 Å². The van der Waals surface area contributed by atoms with Crippen molar-refractivity contribution in [3.8, 4) is 0 Å². The van der Waals surface area contributed by atoms with Crippen LogP contribution in [0.25, 0.3) is 6.08 Å². The van der Waals surface area contributed by atoms with Crippen LogP contribution >= 0.6 is 11.8 Å². The number of sulfonamides is 1. The zero-order chi connectivity index (χ0) is 21.7. The second-order valence-electron chi connectivity index (χ2n) is 6.45. The third kappa shape index (κ3) is 5.71. The van der Waals surface area contributed by atoms with Gasteiger partial charge in [-0.15, -0.1) is 0 Å². The van der Waals surface area contributed by atoms with Crippen molar-refractivity contribution in [1.82, 2.24) is 10.2 Å². The molecule has 0 atom stereocenters. The van der Waals surface area contributed by atoms with Gasteiger partial charge < -0.3 is 5.32 Å². The fraction of sp³-hybridized carbons (Fsp3) is 0.150. The Hall–Kier alpha value is -3.11. The molecule has 2 aromatic carbocycles. The van der Waals surface area contributed by atoms with E-state index in [1.165, 1.54) is 18.2 Å². The number of amides is 3. The summed E-state index contributed by atoms with van der Waals surface area (Å²) in [6.07, 6.45) is 2.67. The molecule has 0 spiro atoms. The van der Waals surface area contributed by atoms with Gasteiger partial charge in [0.15, 0.2) is 0 Å². The highest BCUT2D eigenvalue weighted by atomic mass is 32.2. The number of rotatable bonds is 7. The summed E-state index contributed by atoms with van der Waals surface area (Å²) in [6, 6.07) is 15.2. The lowest BCUT2D eigenvalue weighted by Crippen LogP contribution is -2.37. The van der Waals surface area contributed by atoms with Crippen LogP contribution in [-0.4, -0.2) is 49.7 Å². The average Bonchev–Trinajstić information content (AvgIpc) is 2.95. The van der Waals surface area contributed by atoms with E-state index in [1.807, 2.05) is 30.3 Å². The highest BCUT2D eigenvalue weighted by Crippen LogP contribution is 2.31. The van der Waals surface area contributed by atoms with Crippen LogP contribution in [0.3, 0.4) is 0 Å². The molecule has 2 aromatic rings. The van der Waals surface area contributed by atoms with Crippen LogP contribution in [0, 0.1) is 0 Å². The van der Waals surface area contributed by atoms with Gasteiger partial charge in [0.2, 0.25) is 10.0 Å². The van der Waals surface area contributed by atoms with Crippen molar-refractivity contribution in [3.63, 3.8) is 0 Å². The Morgan fingerprint density at radius 1 is 1.10 bits per heavy atom. The largest absolute Gasteiger partial charge is 0.350 e. The third-order valence-electron chi connectivity index (χ3n) is 4.02. The van der Waals surface area contributed by atoms with Gasteiger partial charge in [-0.2, -0.15) is 0 Å². The minimum atomic E-state index is -3.46. The zero-order valence-corrected chi connectivity index (χ0v) is 17.6. The van der Waals surface area contributed by atoms with Crippen LogP contribution < -0.4 is 10.0 Å². The number of thioether (sulfide) groups is 1. The van der Waals surface area contributed by atoms with E-state index in [9.17, 15) is 22.8 Å². The van der Waals surface area contributed by atoms with Crippen LogP contribution in [0.15, 0.2) is 59.5 Å². The molecule has 1 heterocycles. The van der Waals surface area contributed by atoms with E-state index in [-0.39, 0.29) is 24.3 Å². The summed E-state index contributed by atoms with van der Waals surface area (Å²) in [6.45, 7) is 0.100. The number of hydrogen-bond acceptors (Lipinski definition) is 6. The molecule has 2 N–H and O–H groups in total. The summed E-state index contributed by atoms with van der Waals surface area (Å²) in [5.74, 6) is -0.846. The fourth-order valence-corrected chi connectivity index (χ4v) is 4.13. The molecule has 1 saturated heterocycles. The van der Waals surface area contributed by atoms with Gasteiger partial charge in [0.25, 0.3) is 17.1 Å². The highest BCUT2D eigenvalue weighted by molar-refractivity contribution is 8.18. The van der Waals surface area contributed by atoms with Crippen molar-refractivity contribution >= 4 is 50.6 Å². The van der Waals surface area contributed by atoms with E-state index in [2.05, 4.69) is 10.0 Å². The Morgan fingerprint density at radius 3 is 2.53 bits per heavy atom. The van der Waals surface area contributed by atoms with Crippen LogP contribution in [0.4, 0.5) is 10.5 Å². The molecule has 3 amide bonds.